The zero-order chi connectivity index (χ0) is 30.8. The Bertz CT molecular complexity index is 2340. The second-order valence-corrected chi connectivity index (χ2v) is 12.3. The van der Waals surface area contributed by atoms with E-state index >= 15 is 0 Å². The van der Waals surface area contributed by atoms with Crippen LogP contribution < -0.4 is 4.90 Å². The molecule has 4 bridgehead atoms. The first kappa shape index (κ1) is 26.6. The van der Waals surface area contributed by atoms with Gasteiger partial charge in [-0.1, -0.05) is 121 Å². The number of carbonyl (C=O) groups excluding carboxylic acids is 2. The van der Waals surface area contributed by atoms with Crippen LogP contribution in [0, 0.1) is 5.92 Å². The van der Waals surface area contributed by atoms with E-state index in [2.05, 4.69) is 77.4 Å². The zero-order valence-corrected chi connectivity index (χ0v) is 25.2. The second kappa shape index (κ2) is 10.4. The third-order valence-electron chi connectivity index (χ3n) is 9.66. The van der Waals surface area contributed by atoms with Gasteiger partial charge in [-0.05, 0) is 60.1 Å². The molecular formula is C42H30N2O2. The molecule has 4 nitrogen and oxygen atoms in total. The Morgan fingerprint density at radius 3 is 2.30 bits per heavy atom. The van der Waals surface area contributed by atoms with Gasteiger partial charge in [0.1, 0.15) is 0 Å². The number of hydrogen-bond acceptors (Lipinski definition) is 2. The summed E-state index contributed by atoms with van der Waals surface area (Å²) in [5.41, 5.74) is 9.67. The van der Waals surface area contributed by atoms with Crippen molar-refractivity contribution in [3.8, 4) is 22.3 Å². The van der Waals surface area contributed by atoms with Gasteiger partial charge in [-0.3, -0.25) is 9.59 Å². The van der Waals surface area contributed by atoms with Crippen LogP contribution in [0.4, 0.5) is 5.69 Å². The minimum atomic E-state index is -0.294. The normalized spacial score (nSPS) is 17.5. The summed E-state index contributed by atoms with van der Waals surface area (Å²) < 4.78 is 2.23. The van der Waals surface area contributed by atoms with Gasteiger partial charge >= 0.3 is 0 Å². The molecule has 5 aromatic carbocycles. The van der Waals surface area contributed by atoms with Crippen LogP contribution in [0.25, 0.3) is 49.8 Å². The van der Waals surface area contributed by atoms with Gasteiger partial charge in [-0.15, -0.1) is 0 Å². The molecule has 3 heterocycles. The molecule has 0 spiro atoms. The molecule has 1 saturated heterocycles. The number of hydrogen-bond donors (Lipinski definition) is 0. The van der Waals surface area contributed by atoms with Crippen molar-refractivity contribution in [1.29, 1.82) is 0 Å². The maximum absolute atomic E-state index is 14.9. The Balaban J connectivity index is 1.37. The van der Waals surface area contributed by atoms with E-state index < -0.39 is 0 Å². The lowest BCUT2D eigenvalue weighted by Crippen LogP contribution is -2.30. The van der Waals surface area contributed by atoms with Crippen LogP contribution in [-0.2, 0) is 16.0 Å². The number of imide groups is 1. The number of carbonyl (C=O) groups is 2. The molecule has 0 N–H and O–H groups in total. The first-order valence-corrected chi connectivity index (χ1v) is 16.0. The molecular weight excluding hydrogens is 564 g/mol. The van der Waals surface area contributed by atoms with Gasteiger partial charge in [-0.2, -0.15) is 0 Å². The molecule has 0 radical (unpaired) electrons. The van der Waals surface area contributed by atoms with Crippen LogP contribution in [0.2, 0.25) is 0 Å². The summed E-state index contributed by atoms with van der Waals surface area (Å²) in [4.78, 5) is 30.8. The molecule has 1 unspecified atom stereocenters. The number of para-hydroxylation sites is 3. The lowest BCUT2D eigenvalue weighted by molar-refractivity contribution is -0.119. The largest absolute Gasteiger partial charge is 0.308 e. The van der Waals surface area contributed by atoms with Crippen LogP contribution in [-0.4, -0.2) is 16.4 Å². The summed E-state index contributed by atoms with van der Waals surface area (Å²) in [6, 6.07) is 41.3. The van der Waals surface area contributed by atoms with Gasteiger partial charge < -0.3 is 4.57 Å². The van der Waals surface area contributed by atoms with E-state index in [1.54, 1.807) is 0 Å². The van der Waals surface area contributed by atoms with Gasteiger partial charge in [-0.25, -0.2) is 4.90 Å². The Hall–Kier alpha value is -5.74. The van der Waals surface area contributed by atoms with Gasteiger partial charge in [0.2, 0.25) is 0 Å². The average Bonchev–Trinajstić information content (AvgIpc) is 3.47. The number of nitrogens with zero attached hydrogens (tertiary/aromatic N) is 2. The monoisotopic (exact) mass is 594 g/mol. The first-order valence-electron chi connectivity index (χ1n) is 16.0. The molecule has 6 aromatic rings. The molecule has 46 heavy (non-hydrogen) atoms. The summed E-state index contributed by atoms with van der Waals surface area (Å²) in [5, 5.41) is 2.22. The van der Waals surface area contributed by atoms with E-state index in [0.717, 1.165) is 69.0 Å². The Labute approximate surface area is 267 Å². The summed E-state index contributed by atoms with van der Waals surface area (Å²) in [5.74, 6) is -0.551. The number of amides is 2. The molecule has 9 rings (SSSR count). The highest BCUT2D eigenvalue weighted by atomic mass is 16.2. The highest BCUT2D eigenvalue weighted by molar-refractivity contribution is 6.40. The van der Waals surface area contributed by atoms with Gasteiger partial charge in [0.15, 0.2) is 0 Å². The Kier molecular flexibility index (Phi) is 6.04. The van der Waals surface area contributed by atoms with Crippen LogP contribution in [0.1, 0.15) is 18.4 Å². The van der Waals surface area contributed by atoms with Crippen molar-refractivity contribution in [2.75, 3.05) is 4.90 Å². The van der Waals surface area contributed by atoms with Gasteiger partial charge in [0.25, 0.3) is 11.8 Å². The van der Waals surface area contributed by atoms with E-state index in [1.165, 1.54) is 10.5 Å². The standard InChI is InChI=1S/C42H30N2O2/c45-41-35-26-28-12-8-11-27-13-9-16-30(25-27)32-19-10-20-34-33-18-5-7-22-37(33)43(40(32)34)38(24-23-28)39(35)42(46)44(41)36-21-6-4-17-31(36)29-14-2-1-3-15-29/h1-7,9-10,13-26,28H,8,11-12H2. The Morgan fingerprint density at radius 1 is 0.652 bits per heavy atom. The SMILES string of the molecule is O=C1C2=CC3C=CC(=C2C(=O)N1c1ccccc1-c1ccccc1)n1c2ccccc2c2cccc(c21)-c1cccc(c1)CCC3. The Morgan fingerprint density at radius 2 is 1.39 bits per heavy atom. The predicted octanol–water partition coefficient (Wildman–Crippen LogP) is 9.36. The maximum atomic E-state index is 14.9. The minimum Gasteiger partial charge on any atom is -0.308 e. The third kappa shape index (κ3) is 4.00. The van der Waals surface area contributed by atoms with Crippen molar-refractivity contribution < 1.29 is 9.59 Å². The van der Waals surface area contributed by atoms with E-state index in [1.807, 2.05) is 66.7 Å². The molecule has 220 valence electrons. The summed E-state index contributed by atoms with van der Waals surface area (Å²) >= 11 is 0. The predicted molar refractivity (Wildman–Crippen MR) is 186 cm³/mol. The lowest BCUT2D eigenvalue weighted by Gasteiger charge is -2.19. The number of fused-ring (bicyclic) bond motifs is 10. The number of aromatic nitrogens is 1. The number of allylic oxidation sites excluding steroid dienone is 4. The van der Waals surface area contributed by atoms with E-state index in [4.69, 9.17) is 0 Å². The van der Waals surface area contributed by atoms with Crippen molar-refractivity contribution in [2.24, 2.45) is 5.92 Å². The quantitative estimate of drug-likeness (QED) is 0.188. The zero-order valence-electron chi connectivity index (χ0n) is 25.2. The summed E-state index contributed by atoms with van der Waals surface area (Å²) in [6.45, 7) is 0. The highest BCUT2D eigenvalue weighted by Crippen LogP contribution is 2.45. The summed E-state index contributed by atoms with van der Waals surface area (Å²) in [6.07, 6.45) is 9.11. The first-order chi connectivity index (χ1) is 22.7. The molecule has 2 amide bonds. The molecule has 2 aliphatic heterocycles. The van der Waals surface area contributed by atoms with Crippen LogP contribution in [0.15, 0.2) is 151 Å². The maximum Gasteiger partial charge on any atom is 0.268 e. The van der Waals surface area contributed by atoms with Crippen molar-refractivity contribution in [2.45, 2.75) is 19.3 Å². The molecule has 1 aliphatic carbocycles. The third-order valence-corrected chi connectivity index (χ3v) is 9.66. The van der Waals surface area contributed by atoms with Crippen molar-refractivity contribution in [1.82, 2.24) is 4.57 Å². The van der Waals surface area contributed by atoms with Crippen LogP contribution in [0.3, 0.4) is 0 Å². The van der Waals surface area contributed by atoms with Crippen LogP contribution >= 0.6 is 0 Å². The average molecular weight is 595 g/mol. The van der Waals surface area contributed by atoms with E-state index in [0.29, 0.717) is 16.8 Å². The summed E-state index contributed by atoms with van der Waals surface area (Å²) in [7, 11) is 0. The smallest absolute Gasteiger partial charge is 0.268 e. The number of aryl methyl sites for hydroxylation is 1. The fraction of sp³-hybridized carbons (Fsp3) is 0.0952. The second-order valence-electron chi connectivity index (χ2n) is 12.3. The van der Waals surface area contributed by atoms with Crippen LogP contribution in [0.5, 0.6) is 0 Å². The molecule has 3 aliphatic rings. The van der Waals surface area contributed by atoms with Gasteiger partial charge in [0.05, 0.1) is 33.6 Å². The van der Waals surface area contributed by atoms with E-state index in [-0.39, 0.29) is 17.7 Å². The van der Waals surface area contributed by atoms with Crippen molar-refractivity contribution in [3.63, 3.8) is 0 Å². The lowest BCUT2D eigenvalue weighted by atomic mass is 9.95. The molecule has 1 aromatic heterocycles. The van der Waals surface area contributed by atoms with Gasteiger partial charge in [0, 0.05) is 21.9 Å². The molecule has 4 heteroatoms. The minimum absolute atomic E-state index is 0.0139. The number of anilines is 1. The van der Waals surface area contributed by atoms with Crippen molar-refractivity contribution >= 4 is 45.0 Å². The number of benzene rings is 5. The molecule has 0 saturated carbocycles. The topological polar surface area (TPSA) is 42.3 Å². The molecule has 1 atom stereocenters. The molecule has 1 fully saturated rings. The fourth-order valence-corrected chi connectivity index (χ4v) is 7.57. The van der Waals surface area contributed by atoms with E-state index in [9.17, 15) is 9.59 Å². The fourth-order valence-electron chi connectivity index (χ4n) is 7.57. The highest BCUT2D eigenvalue weighted by Gasteiger charge is 2.44. The van der Waals surface area contributed by atoms with Crippen molar-refractivity contribution in [3.05, 3.63) is 156 Å². The number of rotatable bonds is 2.